The van der Waals surface area contributed by atoms with Crippen LogP contribution < -0.4 is 9.47 Å². The number of rotatable bonds is 3. The Morgan fingerprint density at radius 2 is 1.88 bits per heavy atom. The van der Waals surface area contributed by atoms with Crippen LogP contribution in [-0.4, -0.2) is 19.3 Å². The molecule has 5 nitrogen and oxygen atoms in total. The van der Waals surface area contributed by atoms with E-state index in [-0.39, 0.29) is 30.0 Å². The zero-order valence-electron chi connectivity index (χ0n) is 12.3. The largest absolute Gasteiger partial charge is 0.486 e. The number of halogens is 3. The van der Waals surface area contributed by atoms with Gasteiger partial charge in [-0.15, -0.1) is 0 Å². The molecule has 0 N–H and O–H groups in total. The van der Waals surface area contributed by atoms with E-state index in [0.29, 0.717) is 5.75 Å². The lowest BCUT2D eigenvalue weighted by molar-refractivity contribution is -0.137. The van der Waals surface area contributed by atoms with Crippen molar-refractivity contribution in [1.82, 2.24) is 0 Å². The number of azide groups is 1. The van der Waals surface area contributed by atoms with Gasteiger partial charge >= 0.3 is 6.18 Å². The zero-order valence-corrected chi connectivity index (χ0v) is 12.3. The lowest BCUT2D eigenvalue weighted by Crippen LogP contribution is -2.31. The van der Waals surface area contributed by atoms with Gasteiger partial charge in [0.1, 0.15) is 12.7 Å². The summed E-state index contributed by atoms with van der Waals surface area (Å²) in [6.07, 6.45) is -5.04. The minimum Gasteiger partial charge on any atom is -0.486 e. The van der Waals surface area contributed by atoms with Crippen molar-refractivity contribution in [3.05, 3.63) is 58.5 Å². The average molecular weight is 335 g/mol. The topological polar surface area (TPSA) is 67.2 Å². The number of hydrogen-bond acceptors (Lipinski definition) is 3. The van der Waals surface area contributed by atoms with Crippen LogP contribution in [0.1, 0.15) is 5.56 Å². The van der Waals surface area contributed by atoms with Crippen LogP contribution in [0.4, 0.5) is 13.2 Å². The van der Waals surface area contributed by atoms with Crippen molar-refractivity contribution in [1.29, 1.82) is 0 Å². The molecule has 1 aliphatic heterocycles. The molecular weight excluding hydrogens is 323 g/mol. The van der Waals surface area contributed by atoms with E-state index in [4.69, 9.17) is 15.0 Å². The van der Waals surface area contributed by atoms with Gasteiger partial charge in [0.2, 0.25) is 0 Å². The molecule has 2 aromatic carbocycles. The van der Waals surface area contributed by atoms with E-state index in [1.54, 1.807) is 18.2 Å². The summed E-state index contributed by atoms with van der Waals surface area (Å²) in [4.78, 5) is 2.65. The lowest BCUT2D eigenvalue weighted by Gasteiger charge is -2.28. The summed E-state index contributed by atoms with van der Waals surface area (Å²) in [5, 5.41) is 3.42. The van der Waals surface area contributed by atoms with Crippen LogP contribution in [0.2, 0.25) is 0 Å². The number of fused-ring (bicyclic) bond motifs is 1. The molecule has 0 radical (unpaired) electrons. The molecule has 0 aromatic heterocycles. The average Bonchev–Trinajstić information content (AvgIpc) is 2.58. The Hall–Kier alpha value is -2.86. The fourth-order valence-electron chi connectivity index (χ4n) is 2.53. The highest BCUT2D eigenvalue weighted by Gasteiger charge is 2.35. The molecule has 0 unspecified atom stereocenters. The van der Waals surface area contributed by atoms with E-state index in [9.17, 15) is 13.2 Å². The lowest BCUT2D eigenvalue weighted by atomic mass is 9.98. The molecule has 0 fully saturated rings. The molecule has 2 aromatic rings. The molecule has 0 spiro atoms. The van der Waals surface area contributed by atoms with Crippen LogP contribution in [0, 0.1) is 0 Å². The molecule has 24 heavy (non-hydrogen) atoms. The molecule has 124 valence electrons. The Bertz CT molecular complexity index is 801. The first-order valence-electron chi connectivity index (χ1n) is 7.10. The summed E-state index contributed by atoms with van der Waals surface area (Å²) in [5.74, 6) is 0.584. The van der Waals surface area contributed by atoms with Crippen LogP contribution in [0.3, 0.4) is 0 Å². The number of hydrogen-bond donors (Lipinski definition) is 0. The van der Waals surface area contributed by atoms with Crippen LogP contribution in [0.25, 0.3) is 21.6 Å². The highest BCUT2D eigenvalue weighted by Crippen LogP contribution is 2.45. The Labute approximate surface area is 135 Å². The maximum Gasteiger partial charge on any atom is 0.417 e. The molecule has 0 bridgehead atoms. The zero-order chi connectivity index (χ0) is 17.2. The smallest absolute Gasteiger partial charge is 0.417 e. The molecule has 0 saturated carbocycles. The van der Waals surface area contributed by atoms with Gasteiger partial charge in [-0.3, -0.25) is 0 Å². The van der Waals surface area contributed by atoms with Crippen molar-refractivity contribution in [2.24, 2.45) is 5.11 Å². The van der Waals surface area contributed by atoms with Crippen molar-refractivity contribution in [2.45, 2.75) is 12.3 Å². The van der Waals surface area contributed by atoms with E-state index in [1.807, 2.05) is 0 Å². The SMILES string of the molecule is [N-]=[N+]=NC[C@H]1COc2cccc(-c3ccccc3C(F)(F)F)c2O1. The molecular formula is C16H12F3N3O2. The van der Waals surface area contributed by atoms with Crippen LogP contribution in [-0.2, 0) is 6.18 Å². The minimum atomic E-state index is -4.49. The maximum atomic E-state index is 13.3. The summed E-state index contributed by atoms with van der Waals surface area (Å²) in [5.41, 5.74) is 7.93. The number of para-hydroxylation sites is 1. The molecule has 8 heteroatoms. The third kappa shape index (κ3) is 3.09. The van der Waals surface area contributed by atoms with Gasteiger partial charge in [0.15, 0.2) is 11.5 Å². The first kappa shape index (κ1) is 16.0. The standard InChI is InChI=1S/C16H12F3N3O2/c17-16(18,19)13-6-2-1-4-11(13)12-5-3-7-14-15(12)24-10(9-23-14)8-21-22-20/h1-7,10H,8-9H2/t10-/m0/s1. The Morgan fingerprint density at radius 3 is 2.62 bits per heavy atom. The van der Waals surface area contributed by atoms with Gasteiger partial charge in [0, 0.05) is 10.5 Å². The molecule has 0 saturated heterocycles. The van der Waals surface area contributed by atoms with Crippen LogP contribution in [0.5, 0.6) is 11.5 Å². The normalized spacial score (nSPS) is 16.4. The van der Waals surface area contributed by atoms with Crippen molar-refractivity contribution in [3.8, 4) is 22.6 Å². The van der Waals surface area contributed by atoms with Gasteiger partial charge in [-0.1, -0.05) is 35.4 Å². The second-order valence-corrected chi connectivity index (χ2v) is 5.14. The van der Waals surface area contributed by atoms with Gasteiger partial charge in [-0.2, -0.15) is 13.2 Å². The van der Waals surface area contributed by atoms with Gasteiger partial charge < -0.3 is 9.47 Å². The fraction of sp³-hybridized carbons (Fsp3) is 0.250. The highest BCUT2D eigenvalue weighted by atomic mass is 19.4. The molecule has 0 aliphatic carbocycles. The summed E-state index contributed by atoms with van der Waals surface area (Å²) in [6.45, 7) is 0.196. The van der Waals surface area contributed by atoms with Gasteiger partial charge in [0.05, 0.1) is 12.1 Å². The predicted molar refractivity (Wildman–Crippen MR) is 80.8 cm³/mol. The van der Waals surface area contributed by atoms with Crippen molar-refractivity contribution in [2.75, 3.05) is 13.2 Å². The summed E-state index contributed by atoms with van der Waals surface area (Å²) in [7, 11) is 0. The predicted octanol–water partition coefficient (Wildman–Crippen LogP) is 4.82. The molecule has 1 aliphatic rings. The van der Waals surface area contributed by atoms with Gasteiger partial charge in [-0.25, -0.2) is 0 Å². The van der Waals surface area contributed by atoms with E-state index < -0.39 is 17.8 Å². The van der Waals surface area contributed by atoms with E-state index >= 15 is 0 Å². The second-order valence-electron chi connectivity index (χ2n) is 5.14. The molecule has 0 amide bonds. The summed E-state index contributed by atoms with van der Waals surface area (Å²) >= 11 is 0. The second kappa shape index (κ2) is 6.33. The molecule has 1 heterocycles. The quantitative estimate of drug-likeness (QED) is 0.458. The van der Waals surface area contributed by atoms with Gasteiger partial charge in [0.25, 0.3) is 0 Å². The highest BCUT2D eigenvalue weighted by molar-refractivity contribution is 5.77. The molecule has 3 rings (SSSR count). The van der Waals surface area contributed by atoms with Crippen molar-refractivity contribution < 1.29 is 22.6 Å². The number of alkyl halides is 3. The minimum absolute atomic E-state index is 0.00915. The first-order chi connectivity index (χ1) is 11.5. The van der Waals surface area contributed by atoms with Crippen LogP contribution in [0.15, 0.2) is 47.6 Å². The Kier molecular flexibility index (Phi) is 4.22. The molecule has 1 atom stereocenters. The van der Waals surface area contributed by atoms with Crippen molar-refractivity contribution in [3.63, 3.8) is 0 Å². The van der Waals surface area contributed by atoms with Gasteiger partial charge in [-0.05, 0) is 23.2 Å². The third-order valence-corrected chi connectivity index (χ3v) is 3.56. The van der Waals surface area contributed by atoms with Crippen LogP contribution >= 0.6 is 0 Å². The van der Waals surface area contributed by atoms with E-state index in [2.05, 4.69) is 10.0 Å². The maximum absolute atomic E-state index is 13.3. The number of ether oxygens (including phenoxy) is 2. The first-order valence-corrected chi connectivity index (χ1v) is 7.10. The summed E-state index contributed by atoms with van der Waals surface area (Å²) < 4.78 is 51.1. The number of benzene rings is 2. The number of nitrogens with zero attached hydrogens (tertiary/aromatic N) is 3. The third-order valence-electron chi connectivity index (χ3n) is 3.56. The van der Waals surface area contributed by atoms with E-state index in [0.717, 1.165) is 6.07 Å². The monoisotopic (exact) mass is 335 g/mol. The summed E-state index contributed by atoms with van der Waals surface area (Å²) in [6, 6.07) is 10.1. The van der Waals surface area contributed by atoms with E-state index in [1.165, 1.54) is 18.2 Å². The van der Waals surface area contributed by atoms with Crippen molar-refractivity contribution >= 4 is 0 Å². The fourth-order valence-corrected chi connectivity index (χ4v) is 2.53. The Balaban J connectivity index is 2.07. The Morgan fingerprint density at radius 1 is 1.12 bits per heavy atom.